The molecule has 2 heterocycles. The van der Waals surface area contributed by atoms with Crippen LogP contribution >= 0.6 is 11.6 Å². The van der Waals surface area contributed by atoms with Crippen LogP contribution in [0.5, 0.6) is 0 Å². The SMILES string of the molecule is CC1(C)OCC2(CO1)CN(C(=O)c1cc(Cl)ccc1[N+](=O)[O-])C2. The summed E-state index contributed by atoms with van der Waals surface area (Å²) in [5.41, 5.74) is -0.452. The minimum Gasteiger partial charge on any atom is -0.350 e. The Kier molecular flexibility index (Phi) is 3.82. The summed E-state index contributed by atoms with van der Waals surface area (Å²) in [6.07, 6.45) is 0. The molecule has 1 aromatic rings. The first-order valence-electron chi connectivity index (χ1n) is 7.23. The summed E-state index contributed by atoms with van der Waals surface area (Å²) in [6.45, 7) is 5.59. The highest BCUT2D eigenvalue weighted by Gasteiger charge is 2.50. The molecule has 23 heavy (non-hydrogen) atoms. The highest BCUT2D eigenvalue weighted by Crippen LogP contribution is 2.39. The lowest BCUT2D eigenvalue weighted by atomic mass is 9.80. The fourth-order valence-corrected chi connectivity index (χ4v) is 3.01. The van der Waals surface area contributed by atoms with Gasteiger partial charge in [0.2, 0.25) is 0 Å². The van der Waals surface area contributed by atoms with Gasteiger partial charge in [-0.15, -0.1) is 0 Å². The number of nitro benzene ring substituents is 1. The average molecular weight is 341 g/mol. The van der Waals surface area contributed by atoms with Crippen molar-refractivity contribution in [2.24, 2.45) is 5.41 Å². The van der Waals surface area contributed by atoms with Crippen molar-refractivity contribution in [3.63, 3.8) is 0 Å². The molecule has 124 valence electrons. The van der Waals surface area contributed by atoms with Gasteiger partial charge in [0, 0.05) is 24.2 Å². The molecule has 1 amide bonds. The molecule has 2 aliphatic heterocycles. The molecule has 2 aliphatic rings. The minimum absolute atomic E-state index is 0.00956. The number of ether oxygens (including phenoxy) is 2. The van der Waals surface area contributed by atoms with Crippen molar-refractivity contribution in [1.29, 1.82) is 0 Å². The number of nitrogens with zero attached hydrogens (tertiary/aromatic N) is 2. The quantitative estimate of drug-likeness (QED) is 0.610. The van der Waals surface area contributed by atoms with Crippen LogP contribution in [0.3, 0.4) is 0 Å². The number of benzene rings is 1. The molecule has 0 radical (unpaired) electrons. The van der Waals surface area contributed by atoms with Gasteiger partial charge in [-0.3, -0.25) is 14.9 Å². The summed E-state index contributed by atoms with van der Waals surface area (Å²) in [7, 11) is 0. The van der Waals surface area contributed by atoms with Gasteiger partial charge in [-0.25, -0.2) is 0 Å². The highest BCUT2D eigenvalue weighted by molar-refractivity contribution is 6.31. The third kappa shape index (κ3) is 3.04. The first-order valence-corrected chi connectivity index (χ1v) is 7.60. The lowest BCUT2D eigenvalue weighted by Crippen LogP contribution is -2.65. The van der Waals surface area contributed by atoms with Gasteiger partial charge < -0.3 is 14.4 Å². The number of carbonyl (C=O) groups excluding carboxylic acids is 1. The van der Waals surface area contributed by atoms with Crippen LogP contribution in [0.4, 0.5) is 5.69 Å². The molecule has 8 heteroatoms. The number of amides is 1. The van der Waals surface area contributed by atoms with Crippen LogP contribution in [0.25, 0.3) is 0 Å². The van der Waals surface area contributed by atoms with Crippen LogP contribution < -0.4 is 0 Å². The van der Waals surface area contributed by atoms with E-state index in [0.717, 1.165) is 0 Å². The third-order valence-electron chi connectivity index (χ3n) is 4.18. The lowest BCUT2D eigenvalue weighted by Gasteiger charge is -2.53. The number of halogens is 1. The lowest BCUT2D eigenvalue weighted by molar-refractivity contribution is -0.385. The maximum Gasteiger partial charge on any atom is 0.282 e. The van der Waals surface area contributed by atoms with E-state index in [1.54, 1.807) is 4.90 Å². The van der Waals surface area contributed by atoms with Crippen LogP contribution in [-0.4, -0.2) is 47.8 Å². The smallest absolute Gasteiger partial charge is 0.282 e. The molecule has 0 unspecified atom stereocenters. The van der Waals surface area contributed by atoms with E-state index >= 15 is 0 Å². The average Bonchev–Trinajstić information content (AvgIpc) is 2.44. The molecule has 0 aromatic heterocycles. The van der Waals surface area contributed by atoms with Crippen molar-refractivity contribution in [2.75, 3.05) is 26.3 Å². The molecule has 1 spiro atoms. The Labute approximate surface area is 138 Å². The Morgan fingerprint density at radius 2 is 1.91 bits per heavy atom. The molecule has 0 atom stereocenters. The molecule has 3 rings (SSSR count). The molecular weight excluding hydrogens is 324 g/mol. The number of rotatable bonds is 2. The predicted molar refractivity (Wildman–Crippen MR) is 82.4 cm³/mol. The van der Waals surface area contributed by atoms with Crippen molar-refractivity contribution >= 4 is 23.2 Å². The van der Waals surface area contributed by atoms with Crippen molar-refractivity contribution in [2.45, 2.75) is 19.6 Å². The summed E-state index contributed by atoms with van der Waals surface area (Å²) in [5, 5.41) is 11.4. The third-order valence-corrected chi connectivity index (χ3v) is 4.41. The Hall–Kier alpha value is -1.70. The zero-order chi connectivity index (χ0) is 16.8. The number of hydrogen-bond acceptors (Lipinski definition) is 5. The molecule has 2 saturated heterocycles. The summed E-state index contributed by atoms with van der Waals surface area (Å²) < 4.78 is 11.3. The van der Waals surface area contributed by atoms with E-state index < -0.39 is 16.6 Å². The van der Waals surface area contributed by atoms with E-state index in [-0.39, 0.29) is 16.7 Å². The second-order valence-electron chi connectivity index (χ2n) is 6.56. The normalized spacial score (nSPS) is 21.8. The van der Waals surface area contributed by atoms with Gasteiger partial charge in [-0.2, -0.15) is 0 Å². The van der Waals surface area contributed by atoms with Gasteiger partial charge >= 0.3 is 0 Å². The van der Waals surface area contributed by atoms with Gasteiger partial charge in [0.25, 0.3) is 11.6 Å². The fraction of sp³-hybridized carbons (Fsp3) is 0.533. The topological polar surface area (TPSA) is 81.9 Å². The second kappa shape index (κ2) is 5.43. The number of hydrogen-bond donors (Lipinski definition) is 0. The van der Waals surface area contributed by atoms with Gasteiger partial charge in [-0.05, 0) is 26.0 Å². The summed E-state index contributed by atoms with van der Waals surface area (Å²) in [6, 6.07) is 3.99. The zero-order valence-corrected chi connectivity index (χ0v) is 13.6. The molecule has 7 nitrogen and oxygen atoms in total. The molecule has 0 N–H and O–H groups in total. The summed E-state index contributed by atoms with van der Waals surface area (Å²) >= 11 is 5.87. The van der Waals surface area contributed by atoms with Crippen molar-refractivity contribution in [3.05, 3.63) is 38.9 Å². The van der Waals surface area contributed by atoms with Crippen LogP contribution in [0.15, 0.2) is 18.2 Å². The van der Waals surface area contributed by atoms with Crippen LogP contribution in [0.1, 0.15) is 24.2 Å². The van der Waals surface area contributed by atoms with Gasteiger partial charge in [0.05, 0.1) is 23.6 Å². The molecular formula is C15H17ClN2O5. The van der Waals surface area contributed by atoms with E-state index in [1.165, 1.54) is 18.2 Å². The standard InChI is InChI=1S/C15H17ClN2O5/c1-14(2)22-8-15(9-23-14)6-17(7-15)13(19)11-5-10(16)3-4-12(11)18(20)21/h3-5H,6-9H2,1-2H3. The van der Waals surface area contributed by atoms with E-state index in [0.29, 0.717) is 31.3 Å². The molecule has 0 saturated carbocycles. The van der Waals surface area contributed by atoms with Crippen molar-refractivity contribution < 1.29 is 19.2 Å². The van der Waals surface area contributed by atoms with Gasteiger partial charge in [0.1, 0.15) is 5.56 Å². The predicted octanol–water partition coefficient (Wildman–Crippen LogP) is 2.47. The van der Waals surface area contributed by atoms with E-state index in [9.17, 15) is 14.9 Å². The molecule has 1 aromatic carbocycles. The monoisotopic (exact) mass is 340 g/mol. The fourth-order valence-electron chi connectivity index (χ4n) is 2.84. The second-order valence-corrected chi connectivity index (χ2v) is 6.99. The van der Waals surface area contributed by atoms with Gasteiger partial charge in [-0.1, -0.05) is 11.6 Å². The Morgan fingerprint density at radius 3 is 2.48 bits per heavy atom. The van der Waals surface area contributed by atoms with E-state index in [2.05, 4.69) is 0 Å². The highest BCUT2D eigenvalue weighted by atomic mass is 35.5. The number of likely N-dealkylation sites (tertiary alicyclic amines) is 1. The van der Waals surface area contributed by atoms with E-state index in [4.69, 9.17) is 21.1 Å². The maximum absolute atomic E-state index is 12.5. The minimum atomic E-state index is -0.610. The Balaban J connectivity index is 1.72. The van der Waals surface area contributed by atoms with Crippen molar-refractivity contribution in [1.82, 2.24) is 4.90 Å². The molecule has 2 fully saturated rings. The Bertz CT molecular complexity index is 658. The van der Waals surface area contributed by atoms with Crippen molar-refractivity contribution in [3.8, 4) is 0 Å². The van der Waals surface area contributed by atoms with Crippen LogP contribution in [0, 0.1) is 15.5 Å². The molecule has 0 bridgehead atoms. The first-order chi connectivity index (χ1) is 10.7. The first kappa shape index (κ1) is 16.2. The Morgan fingerprint density at radius 1 is 1.30 bits per heavy atom. The van der Waals surface area contributed by atoms with Crippen LogP contribution in [0.2, 0.25) is 5.02 Å². The van der Waals surface area contributed by atoms with Crippen LogP contribution in [-0.2, 0) is 9.47 Å². The van der Waals surface area contributed by atoms with Gasteiger partial charge in [0.15, 0.2) is 5.79 Å². The van der Waals surface area contributed by atoms with E-state index in [1.807, 2.05) is 13.8 Å². The number of nitro groups is 1. The maximum atomic E-state index is 12.5. The summed E-state index contributed by atoms with van der Waals surface area (Å²) in [4.78, 5) is 24.6. The number of carbonyl (C=O) groups is 1. The zero-order valence-electron chi connectivity index (χ0n) is 12.9. The summed E-state index contributed by atoms with van der Waals surface area (Å²) in [5.74, 6) is -1.00. The molecule has 0 aliphatic carbocycles. The largest absolute Gasteiger partial charge is 0.350 e.